The van der Waals surface area contributed by atoms with Gasteiger partial charge in [-0.05, 0) is 36.5 Å². The quantitative estimate of drug-likeness (QED) is 0.581. The van der Waals surface area contributed by atoms with E-state index in [0.717, 1.165) is 25.2 Å². The molecule has 0 aromatic heterocycles. The fourth-order valence-electron chi connectivity index (χ4n) is 3.76. The Bertz CT molecular complexity index is 257. The highest BCUT2D eigenvalue weighted by atomic mass is 16.5. The summed E-state index contributed by atoms with van der Waals surface area (Å²) in [5.74, 6) is 2.47. The minimum Gasteiger partial charge on any atom is -0.634 e. The normalized spacial score (nSPS) is 45.1. The Kier molecular flexibility index (Phi) is 3.60. The maximum Gasteiger partial charge on any atom is 0.0875 e. The van der Waals surface area contributed by atoms with E-state index in [1.807, 2.05) is 0 Å². The van der Waals surface area contributed by atoms with E-state index >= 15 is 0 Å². The number of hydrogen-bond donors (Lipinski definition) is 1. The van der Waals surface area contributed by atoms with Crippen LogP contribution in [0.25, 0.3) is 0 Å². The summed E-state index contributed by atoms with van der Waals surface area (Å²) in [6.07, 6.45) is 4.45. The summed E-state index contributed by atoms with van der Waals surface area (Å²) in [7, 11) is 1.72. The topological polar surface area (TPSA) is 56.9 Å². The van der Waals surface area contributed by atoms with Gasteiger partial charge in [-0.3, -0.25) is 0 Å². The molecule has 6 unspecified atom stereocenters. The van der Waals surface area contributed by atoms with Gasteiger partial charge in [0.1, 0.15) is 0 Å². The molecule has 0 aromatic carbocycles. The van der Waals surface area contributed by atoms with Gasteiger partial charge in [0.05, 0.1) is 19.6 Å². The molecule has 4 nitrogen and oxygen atoms in total. The van der Waals surface area contributed by atoms with Crippen LogP contribution in [0.15, 0.2) is 5.18 Å². The summed E-state index contributed by atoms with van der Waals surface area (Å²) in [4.78, 5) is 10.4. The van der Waals surface area contributed by atoms with Crippen LogP contribution in [0.3, 0.4) is 0 Å². The van der Waals surface area contributed by atoms with Crippen molar-refractivity contribution >= 4 is 0 Å². The van der Waals surface area contributed by atoms with E-state index in [0.29, 0.717) is 35.4 Å². The third kappa shape index (κ3) is 2.28. The van der Waals surface area contributed by atoms with Gasteiger partial charge in [-0.1, -0.05) is 12.1 Å². The molecule has 0 bridgehead atoms. The van der Waals surface area contributed by atoms with Crippen LogP contribution >= 0.6 is 0 Å². The minimum absolute atomic E-state index is 0.296. The Morgan fingerprint density at radius 1 is 1.25 bits per heavy atom. The Labute approximate surface area is 96.9 Å². The highest BCUT2D eigenvalue weighted by Gasteiger charge is 2.43. The predicted molar refractivity (Wildman–Crippen MR) is 62.8 cm³/mol. The van der Waals surface area contributed by atoms with Gasteiger partial charge in [0.15, 0.2) is 0 Å². The summed E-state index contributed by atoms with van der Waals surface area (Å²) < 4.78 is 0. The van der Waals surface area contributed by atoms with Gasteiger partial charge in [0, 0.05) is 12.8 Å². The van der Waals surface area contributed by atoms with Crippen LogP contribution < -0.4 is 5.06 Å². The van der Waals surface area contributed by atoms with Gasteiger partial charge in [-0.2, -0.15) is 4.91 Å². The predicted octanol–water partition coefficient (Wildman–Crippen LogP) is 1.21. The molecular weight excluding hydrogens is 204 g/mol. The van der Waals surface area contributed by atoms with Crippen LogP contribution in [0.5, 0.6) is 0 Å². The standard InChI is InChI=1S/C12H22N2O2/c1-8-3-9-5-12(14(2)16)6-10(9)4-11(8)7-13-15/h8-12,14H,3-7H2,1-2H3. The highest BCUT2D eigenvalue weighted by Crippen LogP contribution is 2.46. The van der Waals surface area contributed by atoms with Gasteiger partial charge < -0.3 is 10.3 Å². The van der Waals surface area contributed by atoms with Crippen LogP contribution in [0.1, 0.15) is 32.6 Å². The smallest absolute Gasteiger partial charge is 0.0875 e. The summed E-state index contributed by atoms with van der Waals surface area (Å²) >= 11 is 0. The van der Waals surface area contributed by atoms with Crippen molar-refractivity contribution in [1.29, 1.82) is 0 Å². The van der Waals surface area contributed by atoms with E-state index in [9.17, 15) is 10.1 Å². The lowest BCUT2D eigenvalue weighted by Crippen LogP contribution is -3.08. The molecule has 92 valence electrons. The minimum atomic E-state index is 0.296. The molecule has 0 radical (unpaired) electrons. The lowest BCUT2D eigenvalue weighted by molar-refractivity contribution is -0.854. The van der Waals surface area contributed by atoms with Crippen molar-refractivity contribution in [3.05, 3.63) is 10.1 Å². The van der Waals surface area contributed by atoms with Crippen LogP contribution in [0.4, 0.5) is 0 Å². The zero-order valence-corrected chi connectivity index (χ0v) is 10.2. The number of hydroxylamine groups is 2. The Hall–Kier alpha value is -0.480. The zero-order valence-electron chi connectivity index (χ0n) is 10.2. The van der Waals surface area contributed by atoms with Gasteiger partial charge in [0.25, 0.3) is 0 Å². The van der Waals surface area contributed by atoms with Crippen molar-refractivity contribution in [2.45, 2.75) is 38.6 Å². The second-order valence-electron chi connectivity index (χ2n) is 5.82. The molecule has 0 amide bonds. The van der Waals surface area contributed by atoms with Gasteiger partial charge in [0.2, 0.25) is 0 Å². The summed E-state index contributed by atoms with van der Waals surface area (Å²) in [6.45, 7) is 2.70. The monoisotopic (exact) mass is 226 g/mol. The van der Waals surface area contributed by atoms with E-state index < -0.39 is 0 Å². The molecule has 0 spiro atoms. The first kappa shape index (κ1) is 12.0. The molecule has 0 saturated heterocycles. The largest absolute Gasteiger partial charge is 0.634 e. The van der Waals surface area contributed by atoms with Crippen molar-refractivity contribution in [3.8, 4) is 0 Å². The molecule has 2 saturated carbocycles. The number of fused-ring (bicyclic) bond motifs is 1. The summed E-state index contributed by atoms with van der Waals surface area (Å²) in [6, 6.07) is 0.296. The Balaban J connectivity index is 1.96. The lowest BCUT2D eigenvalue weighted by atomic mass is 9.70. The van der Waals surface area contributed by atoms with Crippen molar-refractivity contribution < 1.29 is 5.06 Å². The SMILES string of the molecule is CC1CC2CC([NH+](C)[O-])CC2CC1CN=O. The maximum absolute atomic E-state index is 11.4. The molecule has 0 heterocycles. The second-order valence-corrected chi connectivity index (χ2v) is 5.82. The van der Waals surface area contributed by atoms with Crippen molar-refractivity contribution in [2.75, 3.05) is 13.6 Å². The number of quaternary nitrogens is 1. The average Bonchev–Trinajstić information content (AvgIpc) is 2.61. The fourth-order valence-corrected chi connectivity index (χ4v) is 3.76. The van der Waals surface area contributed by atoms with Crippen LogP contribution in [-0.4, -0.2) is 19.6 Å². The molecule has 6 atom stereocenters. The van der Waals surface area contributed by atoms with Gasteiger partial charge in [-0.15, -0.1) is 0 Å². The molecule has 2 fully saturated rings. The number of rotatable bonds is 3. The van der Waals surface area contributed by atoms with Crippen LogP contribution in [0, 0.1) is 33.8 Å². The van der Waals surface area contributed by atoms with E-state index in [4.69, 9.17) is 0 Å². The van der Waals surface area contributed by atoms with Crippen molar-refractivity contribution in [1.82, 2.24) is 0 Å². The molecule has 2 aliphatic rings. The highest BCUT2D eigenvalue weighted by molar-refractivity contribution is 4.91. The summed E-state index contributed by atoms with van der Waals surface area (Å²) in [5.41, 5.74) is 0. The van der Waals surface area contributed by atoms with Gasteiger partial charge in [-0.25, -0.2) is 0 Å². The Morgan fingerprint density at radius 2 is 1.88 bits per heavy atom. The molecule has 2 rings (SSSR count). The van der Waals surface area contributed by atoms with Crippen LogP contribution in [-0.2, 0) is 0 Å². The molecule has 4 heteroatoms. The first-order chi connectivity index (χ1) is 7.61. The molecule has 16 heavy (non-hydrogen) atoms. The van der Waals surface area contributed by atoms with Crippen molar-refractivity contribution in [3.63, 3.8) is 0 Å². The Morgan fingerprint density at radius 3 is 2.44 bits per heavy atom. The second kappa shape index (κ2) is 4.80. The number of hydrogen-bond acceptors (Lipinski definition) is 3. The lowest BCUT2D eigenvalue weighted by Gasteiger charge is -2.35. The van der Waals surface area contributed by atoms with Crippen molar-refractivity contribution in [2.24, 2.45) is 28.8 Å². The molecule has 0 aliphatic heterocycles. The third-order valence-corrected chi connectivity index (χ3v) is 4.81. The molecule has 0 aromatic rings. The third-order valence-electron chi connectivity index (χ3n) is 4.81. The van der Waals surface area contributed by atoms with E-state index in [1.54, 1.807) is 7.05 Å². The van der Waals surface area contributed by atoms with E-state index in [2.05, 4.69) is 12.1 Å². The number of nitroso groups, excluding NO2 is 1. The zero-order chi connectivity index (χ0) is 11.7. The first-order valence-corrected chi connectivity index (χ1v) is 6.41. The summed E-state index contributed by atoms with van der Waals surface area (Å²) in [5, 5.41) is 14.8. The first-order valence-electron chi connectivity index (χ1n) is 6.41. The number of nitrogens with one attached hydrogen (secondary N) is 1. The number of nitrogens with zero attached hydrogens (tertiary/aromatic N) is 1. The average molecular weight is 226 g/mol. The molecule has 1 N–H and O–H groups in total. The maximum atomic E-state index is 11.4. The molecular formula is C12H22N2O2. The van der Waals surface area contributed by atoms with Crippen LogP contribution in [0.2, 0.25) is 0 Å². The fraction of sp³-hybridized carbons (Fsp3) is 1.00. The molecule has 2 aliphatic carbocycles. The van der Waals surface area contributed by atoms with E-state index in [1.165, 1.54) is 6.42 Å². The van der Waals surface area contributed by atoms with Gasteiger partial charge >= 0.3 is 0 Å². The van der Waals surface area contributed by atoms with E-state index in [-0.39, 0.29) is 0 Å².